The van der Waals surface area contributed by atoms with Gasteiger partial charge in [0.1, 0.15) is 0 Å². The SMILES string of the molecule is NC(CC(=O)[O-])C(=O)[O-].[Fe+2].[H+]. The van der Waals surface area contributed by atoms with E-state index in [1.807, 2.05) is 0 Å². The van der Waals surface area contributed by atoms with Crippen LogP contribution < -0.4 is 15.9 Å². The first kappa shape index (κ1) is 12.1. The van der Waals surface area contributed by atoms with Crippen molar-refractivity contribution in [2.75, 3.05) is 0 Å². The van der Waals surface area contributed by atoms with Gasteiger partial charge >= 0.3 is 18.5 Å². The maximum absolute atomic E-state index is 9.71. The molecule has 58 valence electrons. The molecule has 0 aliphatic heterocycles. The number of carboxylic acid groups (broad SMARTS) is 2. The first-order valence-corrected chi connectivity index (χ1v) is 2.20. The molecule has 0 saturated carbocycles. The summed E-state index contributed by atoms with van der Waals surface area (Å²) in [6, 6.07) is -1.46. The Balaban J connectivity index is -0.000000320. The average molecular weight is 188 g/mol. The summed E-state index contributed by atoms with van der Waals surface area (Å²) >= 11 is 0. The average Bonchev–Trinajstić information content (AvgIpc) is 1.63. The van der Waals surface area contributed by atoms with Crippen LogP contribution in [0, 0.1) is 0 Å². The van der Waals surface area contributed by atoms with Gasteiger partial charge in [0.2, 0.25) is 0 Å². The second-order valence-corrected chi connectivity index (χ2v) is 1.50. The zero-order valence-corrected chi connectivity index (χ0v) is 5.95. The van der Waals surface area contributed by atoms with E-state index < -0.39 is 24.4 Å². The second-order valence-electron chi connectivity index (χ2n) is 1.50. The van der Waals surface area contributed by atoms with Crippen molar-refractivity contribution in [3.63, 3.8) is 0 Å². The van der Waals surface area contributed by atoms with Gasteiger partial charge in [0.05, 0.1) is 5.97 Å². The van der Waals surface area contributed by atoms with Crippen molar-refractivity contribution in [2.24, 2.45) is 5.73 Å². The third kappa shape index (κ3) is 5.55. The van der Waals surface area contributed by atoms with Crippen molar-refractivity contribution in [3.8, 4) is 0 Å². The summed E-state index contributed by atoms with van der Waals surface area (Å²) in [4.78, 5) is 19.3. The van der Waals surface area contributed by atoms with Crippen molar-refractivity contribution >= 4 is 11.9 Å². The number of hydrogen-bond donors (Lipinski definition) is 1. The van der Waals surface area contributed by atoms with Gasteiger partial charge in [-0.3, -0.25) is 0 Å². The Morgan fingerprint density at radius 1 is 1.50 bits per heavy atom. The van der Waals surface area contributed by atoms with Gasteiger partial charge in [-0.25, -0.2) is 0 Å². The molecule has 0 aromatic rings. The number of carbonyl (C=O) groups is 2. The number of rotatable bonds is 3. The molecule has 0 aliphatic carbocycles. The number of carboxylic acids is 2. The number of carbonyl (C=O) groups excluding carboxylic acids is 2. The Bertz CT molecular complexity index is 142. The maximum atomic E-state index is 9.71. The van der Waals surface area contributed by atoms with Crippen molar-refractivity contribution in [1.82, 2.24) is 0 Å². The summed E-state index contributed by atoms with van der Waals surface area (Å²) in [6.45, 7) is 0. The summed E-state index contributed by atoms with van der Waals surface area (Å²) in [5.41, 5.74) is 4.73. The largest absolute Gasteiger partial charge is 2.00 e. The molecule has 0 aromatic heterocycles. The van der Waals surface area contributed by atoms with E-state index in [9.17, 15) is 19.8 Å². The molecule has 1 unspecified atom stereocenters. The van der Waals surface area contributed by atoms with Crippen LogP contribution in [-0.2, 0) is 26.7 Å². The fourth-order valence-electron chi connectivity index (χ4n) is 0.263. The minimum Gasteiger partial charge on any atom is -0.550 e. The predicted octanol–water partition coefficient (Wildman–Crippen LogP) is -3.69. The van der Waals surface area contributed by atoms with Gasteiger partial charge in [-0.05, 0) is 0 Å². The van der Waals surface area contributed by atoms with Crippen LogP contribution in [0.2, 0.25) is 0 Å². The van der Waals surface area contributed by atoms with Gasteiger partial charge in [0.25, 0.3) is 0 Å². The van der Waals surface area contributed by atoms with Crippen LogP contribution in [0.4, 0.5) is 0 Å². The Morgan fingerprint density at radius 3 is 2.00 bits per heavy atom. The van der Waals surface area contributed by atoms with Crippen LogP contribution in [0.3, 0.4) is 0 Å². The second kappa shape index (κ2) is 5.22. The van der Waals surface area contributed by atoms with Gasteiger partial charge in [0.15, 0.2) is 0 Å². The summed E-state index contributed by atoms with van der Waals surface area (Å²) < 4.78 is 0. The standard InChI is InChI=1S/C4H7NO4.Fe/c5-2(4(8)9)1-3(6)7;/h2H,1,5H2,(H,6,7)(H,8,9);/q;+2/p-1. The summed E-state index contributed by atoms with van der Waals surface area (Å²) in [5.74, 6) is -3.08. The van der Waals surface area contributed by atoms with Gasteiger partial charge in [-0.15, -0.1) is 0 Å². The molecule has 0 spiro atoms. The molecular weight excluding hydrogens is 182 g/mol. The summed E-state index contributed by atoms with van der Waals surface area (Å²) in [6.07, 6.45) is -0.706. The van der Waals surface area contributed by atoms with E-state index in [0.717, 1.165) is 0 Å². The van der Waals surface area contributed by atoms with Crippen molar-refractivity contribution in [2.45, 2.75) is 12.5 Å². The molecule has 5 nitrogen and oxygen atoms in total. The molecule has 0 aromatic carbocycles. The molecule has 2 N–H and O–H groups in total. The minimum atomic E-state index is -1.58. The number of hydrogen-bond acceptors (Lipinski definition) is 5. The predicted molar refractivity (Wildman–Crippen MR) is 23.7 cm³/mol. The van der Waals surface area contributed by atoms with Crippen molar-refractivity contribution in [3.05, 3.63) is 0 Å². The van der Waals surface area contributed by atoms with Crippen LogP contribution >= 0.6 is 0 Å². The Labute approximate surface area is 69.2 Å². The van der Waals surface area contributed by atoms with Gasteiger partial charge in [-0.1, -0.05) is 0 Å². The number of aliphatic carboxylic acids is 2. The van der Waals surface area contributed by atoms with Crippen molar-refractivity contribution in [1.29, 1.82) is 0 Å². The molecule has 0 bridgehead atoms. The monoisotopic (exact) mass is 188 g/mol. The molecule has 0 fully saturated rings. The van der Waals surface area contributed by atoms with Crippen LogP contribution in [0.15, 0.2) is 0 Å². The fourth-order valence-corrected chi connectivity index (χ4v) is 0.263. The van der Waals surface area contributed by atoms with E-state index in [1.54, 1.807) is 0 Å². The fraction of sp³-hybridized carbons (Fsp3) is 0.500. The molecule has 6 heteroatoms. The molecule has 0 radical (unpaired) electrons. The molecule has 1 atom stereocenters. The molecular formula is C4H6FeNO4+. The van der Waals surface area contributed by atoms with Gasteiger partial charge < -0.3 is 25.5 Å². The van der Waals surface area contributed by atoms with E-state index >= 15 is 0 Å². The molecule has 0 heterocycles. The van der Waals surface area contributed by atoms with E-state index in [1.165, 1.54) is 0 Å². The number of nitrogens with two attached hydrogens (primary N) is 1. The molecule has 10 heavy (non-hydrogen) atoms. The normalized spacial score (nSPS) is 11.3. The van der Waals surface area contributed by atoms with E-state index in [2.05, 4.69) is 0 Å². The summed E-state index contributed by atoms with van der Waals surface area (Å²) in [5, 5.41) is 19.3. The quantitative estimate of drug-likeness (QED) is 0.459. The summed E-state index contributed by atoms with van der Waals surface area (Å²) in [7, 11) is 0. The Hall–Kier alpha value is -0.581. The Morgan fingerprint density at radius 2 is 1.90 bits per heavy atom. The van der Waals surface area contributed by atoms with Crippen LogP contribution in [0.1, 0.15) is 7.85 Å². The van der Waals surface area contributed by atoms with Crippen LogP contribution in [0.25, 0.3) is 0 Å². The third-order valence-electron chi connectivity index (χ3n) is 0.689. The van der Waals surface area contributed by atoms with Crippen LogP contribution in [-0.4, -0.2) is 18.0 Å². The minimum absolute atomic E-state index is 0. The first-order chi connectivity index (χ1) is 4.04. The molecule has 0 rings (SSSR count). The van der Waals surface area contributed by atoms with Gasteiger partial charge in [0, 0.05) is 18.4 Å². The van der Waals surface area contributed by atoms with E-state index in [-0.39, 0.29) is 18.5 Å². The Kier molecular flexibility index (Phi) is 6.34. The van der Waals surface area contributed by atoms with Crippen molar-refractivity contribution < 1.29 is 38.3 Å². The first-order valence-electron chi connectivity index (χ1n) is 2.20. The maximum Gasteiger partial charge on any atom is 2.00 e. The smallest absolute Gasteiger partial charge is 0.550 e. The third-order valence-corrected chi connectivity index (χ3v) is 0.689. The zero-order chi connectivity index (χ0) is 7.44. The topological polar surface area (TPSA) is 106 Å². The van der Waals surface area contributed by atoms with E-state index in [4.69, 9.17) is 5.73 Å². The molecule has 0 amide bonds. The molecule has 0 aliphatic rings. The molecule has 0 saturated heterocycles. The van der Waals surface area contributed by atoms with E-state index in [0.29, 0.717) is 0 Å². The van der Waals surface area contributed by atoms with Gasteiger partial charge in [-0.2, -0.15) is 0 Å². The van der Waals surface area contributed by atoms with Crippen LogP contribution in [0.5, 0.6) is 0 Å². The zero-order valence-electron chi connectivity index (χ0n) is 5.85.